The lowest BCUT2D eigenvalue weighted by molar-refractivity contribution is -0.119. The molecule has 9 nitrogen and oxygen atoms in total. The molecule has 1 heterocycles. The van der Waals surface area contributed by atoms with Crippen molar-refractivity contribution in [3.8, 4) is 5.75 Å². The maximum absolute atomic E-state index is 12.5. The summed E-state index contributed by atoms with van der Waals surface area (Å²) in [7, 11) is -3.80. The second kappa shape index (κ2) is 6.97. The van der Waals surface area contributed by atoms with Gasteiger partial charge in [-0.15, -0.1) is 0 Å². The van der Waals surface area contributed by atoms with Crippen molar-refractivity contribution in [3.63, 3.8) is 0 Å². The van der Waals surface area contributed by atoms with E-state index < -0.39 is 39.5 Å². The van der Waals surface area contributed by atoms with E-state index in [1.807, 2.05) is 0 Å². The fraction of sp³-hybridized carbons (Fsp3) is 0.167. The maximum atomic E-state index is 12.5. The van der Waals surface area contributed by atoms with E-state index in [1.54, 1.807) is 0 Å². The van der Waals surface area contributed by atoms with Gasteiger partial charge in [-0.2, -0.15) is 0 Å². The normalized spacial score (nSPS) is 18.1. The fourth-order valence-corrected chi connectivity index (χ4v) is 4.66. The van der Waals surface area contributed by atoms with Crippen molar-refractivity contribution in [2.24, 2.45) is 5.92 Å². The second-order valence-corrected chi connectivity index (χ2v) is 8.19. The summed E-state index contributed by atoms with van der Waals surface area (Å²) in [5.74, 6) is -3.98. The molecule has 3 N–H and O–H groups in total. The van der Waals surface area contributed by atoms with Crippen LogP contribution in [0.5, 0.6) is 5.75 Å². The minimum Gasteiger partial charge on any atom is -0.507 e. The molecule has 1 aliphatic heterocycles. The number of aromatic hydroxyl groups is 1. The van der Waals surface area contributed by atoms with Crippen LogP contribution in [0.25, 0.3) is 0 Å². The third kappa shape index (κ3) is 3.54. The Bertz CT molecular complexity index is 1090. The van der Waals surface area contributed by atoms with Crippen molar-refractivity contribution in [1.29, 1.82) is 0 Å². The first-order valence-electron chi connectivity index (χ1n) is 8.15. The number of rotatable bonds is 4. The number of amides is 2. The minimum atomic E-state index is -3.80. The highest BCUT2D eigenvalue weighted by Gasteiger charge is 2.42. The lowest BCUT2D eigenvalue weighted by Crippen LogP contribution is -2.30. The van der Waals surface area contributed by atoms with Gasteiger partial charge in [0.05, 0.1) is 17.4 Å². The van der Waals surface area contributed by atoms with Crippen LogP contribution >= 0.6 is 0 Å². The number of benzene rings is 2. The molecule has 0 spiro atoms. The topological polar surface area (TPSA) is 141 Å². The minimum absolute atomic E-state index is 0.0546. The predicted molar refractivity (Wildman–Crippen MR) is 99.9 cm³/mol. The first kappa shape index (κ1) is 19.4. The van der Waals surface area contributed by atoms with Gasteiger partial charge in [0.15, 0.2) is 0 Å². The van der Waals surface area contributed by atoms with Gasteiger partial charge in [0.2, 0.25) is 15.9 Å². The number of carbonyl (C=O) groups is 3. The molecule has 1 atom stereocenters. The van der Waals surface area contributed by atoms with Crippen molar-refractivity contribution >= 4 is 39.2 Å². The maximum Gasteiger partial charge on any atom is 0.339 e. The number of hydrogen-bond donors (Lipinski definition) is 3. The van der Waals surface area contributed by atoms with E-state index in [1.165, 1.54) is 37.3 Å². The number of nitrogens with zero attached hydrogens (tertiary/aromatic N) is 1. The summed E-state index contributed by atoms with van der Waals surface area (Å²) in [4.78, 5) is 35.7. The average molecular weight is 404 g/mol. The number of hydrogen-bond acceptors (Lipinski definition) is 6. The first-order valence-corrected chi connectivity index (χ1v) is 9.75. The Labute approximate surface area is 160 Å². The molecule has 146 valence electrons. The molecule has 3 rings (SSSR count). The van der Waals surface area contributed by atoms with Gasteiger partial charge in [-0.3, -0.25) is 9.59 Å². The van der Waals surface area contributed by atoms with Crippen molar-refractivity contribution in [2.75, 3.05) is 15.4 Å². The molecule has 1 saturated heterocycles. The van der Waals surface area contributed by atoms with Crippen molar-refractivity contribution in [1.82, 2.24) is 0 Å². The molecule has 2 amide bonds. The monoisotopic (exact) mass is 404 g/mol. The standard InChI is InChI=1S/C18H16N2O7S/c1-10-9-28(26,27)20(17(10)23)13-4-2-3-11(7-13)16(22)19-12-5-6-15(21)14(8-12)18(24)25/h2-8,10,21H,9H2,1H3,(H,19,22)(H,24,25). The average Bonchev–Trinajstić information content (AvgIpc) is 2.83. The van der Waals surface area contributed by atoms with Gasteiger partial charge in [-0.05, 0) is 36.4 Å². The molecule has 0 saturated carbocycles. The summed E-state index contributed by atoms with van der Waals surface area (Å²) >= 11 is 0. The van der Waals surface area contributed by atoms with Crippen LogP contribution in [0.1, 0.15) is 27.6 Å². The van der Waals surface area contributed by atoms with Gasteiger partial charge < -0.3 is 15.5 Å². The molecule has 1 fully saturated rings. The van der Waals surface area contributed by atoms with E-state index in [-0.39, 0.29) is 28.3 Å². The van der Waals surface area contributed by atoms with Crippen LogP contribution in [-0.2, 0) is 14.8 Å². The Morgan fingerprint density at radius 2 is 1.89 bits per heavy atom. The summed E-state index contributed by atoms with van der Waals surface area (Å²) in [6, 6.07) is 9.08. The number of carboxylic acids is 1. The molecule has 0 aliphatic carbocycles. The van der Waals surface area contributed by atoms with Crippen molar-refractivity contribution < 1.29 is 33.0 Å². The number of carbonyl (C=O) groups excluding carboxylic acids is 2. The summed E-state index contributed by atoms with van der Waals surface area (Å²) < 4.78 is 25.1. The Hall–Kier alpha value is -3.40. The molecule has 0 aromatic heterocycles. The first-order chi connectivity index (χ1) is 13.1. The number of phenols is 1. The number of aromatic carboxylic acids is 1. The number of anilines is 2. The molecular formula is C18H16N2O7S. The van der Waals surface area contributed by atoms with E-state index in [0.29, 0.717) is 4.31 Å². The fourth-order valence-electron chi connectivity index (χ4n) is 2.85. The van der Waals surface area contributed by atoms with E-state index in [0.717, 1.165) is 12.1 Å². The highest BCUT2D eigenvalue weighted by molar-refractivity contribution is 7.94. The molecular weight excluding hydrogens is 388 g/mol. The van der Waals surface area contributed by atoms with Crippen LogP contribution in [-0.4, -0.2) is 42.2 Å². The van der Waals surface area contributed by atoms with E-state index >= 15 is 0 Å². The number of carboxylic acid groups (broad SMARTS) is 1. The van der Waals surface area contributed by atoms with Gasteiger partial charge >= 0.3 is 5.97 Å². The third-order valence-corrected chi connectivity index (χ3v) is 6.06. The van der Waals surface area contributed by atoms with Crippen LogP contribution in [0.2, 0.25) is 0 Å². The molecule has 1 unspecified atom stereocenters. The summed E-state index contributed by atoms with van der Waals surface area (Å²) in [5, 5.41) is 21.0. The summed E-state index contributed by atoms with van der Waals surface area (Å²) in [6.45, 7) is 1.52. The largest absolute Gasteiger partial charge is 0.507 e. The van der Waals surface area contributed by atoms with Crippen LogP contribution in [0, 0.1) is 5.92 Å². The third-order valence-electron chi connectivity index (χ3n) is 4.19. The number of sulfonamides is 1. The highest BCUT2D eigenvalue weighted by atomic mass is 32.2. The van der Waals surface area contributed by atoms with E-state index in [4.69, 9.17) is 5.11 Å². The van der Waals surface area contributed by atoms with Crippen molar-refractivity contribution in [3.05, 3.63) is 53.6 Å². The number of nitrogens with one attached hydrogen (secondary N) is 1. The zero-order valence-corrected chi connectivity index (χ0v) is 15.4. The SMILES string of the molecule is CC1CS(=O)(=O)N(c2cccc(C(=O)Nc3ccc(O)c(C(=O)O)c3)c2)C1=O. The Balaban J connectivity index is 1.89. The van der Waals surface area contributed by atoms with Gasteiger partial charge in [0.25, 0.3) is 5.91 Å². The van der Waals surface area contributed by atoms with E-state index in [2.05, 4.69) is 5.32 Å². The predicted octanol–water partition coefficient (Wildman–Crippen LogP) is 1.66. The van der Waals surface area contributed by atoms with Gasteiger partial charge in [0, 0.05) is 11.3 Å². The summed E-state index contributed by atoms with van der Waals surface area (Å²) in [6.07, 6.45) is 0. The molecule has 2 aromatic rings. The Morgan fingerprint density at radius 1 is 1.18 bits per heavy atom. The van der Waals surface area contributed by atoms with E-state index in [9.17, 15) is 27.9 Å². The van der Waals surface area contributed by atoms with Crippen LogP contribution in [0.4, 0.5) is 11.4 Å². The van der Waals surface area contributed by atoms with Crippen LogP contribution in [0.15, 0.2) is 42.5 Å². The van der Waals surface area contributed by atoms with Gasteiger partial charge in [0.1, 0.15) is 11.3 Å². The lowest BCUT2D eigenvalue weighted by Gasteiger charge is -2.16. The molecule has 0 bridgehead atoms. The zero-order chi connectivity index (χ0) is 20.6. The quantitative estimate of drug-likeness (QED) is 0.658. The molecule has 0 radical (unpaired) electrons. The molecule has 2 aromatic carbocycles. The molecule has 1 aliphatic rings. The second-order valence-electron chi connectivity index (χ2n) is 6.32. The molecule has 28 heavy (non-hydrogen) atoms. The van der Waals surface area contributed by atoms with Crippen LogP contribution < -0.4 is 9.62 Å². The zero-order valence-electron chi connectivity index (χ0n) is 14.6. The Morgan fingerprint density at radius 3 is 2.50 bits per heavy atom. The van der Waals surface area contributed by atoms with Crippen LogP contribution in [0.3, 0.4) is 0 Å². The Kier molecular flexibility index (Phi) is 4.82. The van der Waals surface area contributed by atoms with Gasteiger partial charge in [-0.25, -0.2) is 17.5 Å². The summed E-state index contributed by atoms with van der Waals surface area (Å²) in [5.41, 5.74) is -0.123. The van der Waals surface area contributed by atoms with Crippen molar-refractivity contribution in [2.45, 2.75) is 6.92 Å². The smallest absolute Gasteiger partial charge is 0.339 e. The molecule has 10 heteroatoms. The van der Waals surface area contributed by atoms with Gasteiger partial charge in [-0.1, -0.05) is 13.0 Å². The lowest BCUT2D eigenvalue weighted by atomic mass is 10.1. The highest BCUT2D eigenvalue weighted by Crippen LogP contribution is 2.29.